The number of aliphatic imine (C=N–C) groups is 1. The number of hydrogen-bond donors (Lipinski definition) is 12. The molecule has 0 aliphatic carbocycles. The van der Waals surface area contributed by atoms with Crippen molar-refractivity contribution >= 4 is 80.8 Å². The van der Waals surface area contributed by atoms with Crippen molar-refractivity contribution < 1.29 is 43.2 Å². The highest BCUT2D eigenvalue weighted by molar-refractivity contribution is 6.03. The molecule has 0 bridgehead atoms. The van der Waals surface area contributed by atoms with E-state index >= 15 is 0 Å². The highest BCUT2D eigenvalue weighted by Gasteiger charge is 2.39. The molecule has 24 nitrogen and oxygen atoms in total. The number of fused-ring (bicyclic) bond motifs is 2. The standard InChI is InChI=1S/C54H71N15O9/c1-3-4-18-45(47(56)72)69(31(2)70)46(71)27-44-53(78)67-43(26-36-29-59-30-62-36)52(77)65-41(24-32-19-20-33-12-5-6-13-34(33)23-32)50(75)64-40(17-11-22-60-54(57)58)49(74)66-42(25-35-28-61-38-15-8-7-14-37(35)38)51(76)63-39(48(73)68-44)16-9-10-21-55/h5-8,12-15,19-20,23,28-30,39-45,61H,3-4,9-11,16-18,21-22,24-27,55H2,1-2H3,(H2,56,72)(H,59,62)(H,63,76)(H,64,75)(H,65,77)(H,66,74)(H,67,78)(H,68,73)(H4,57,58,60)/t39-,40-,41+,42-,43-,44-,45-/m0/s1. The van der Waals surface area contributed by atoms with Crippen LogP contribution in [-0.4, -0.2) is 134 Å². The number of hydrogen-bond acceptors (Lipinski definition) is 12. The number of rotatable bonds is 21. The van der Waals surface area contributed by atoms with E-state index in [0.29, 0.717) is 41.0 Å². The molecule has 2 aromatic heterocycles. The van der Waals surface area contributed by atoms with Crippen molar-refractivity contribution in [1.82, 2.24) is 51.8 Å². The molecule has 16 N–H and O–H groups in total. The number of imide groups is 1. The fourth-order valence-corrected chi connectivity index (χ4v) is 9.38. The zero-order valence-electron chi connectivity index (χ0n) is 43.8. The molecule has 0 unspecified atom stereocenters. The summed E-state index contributed by atoms with van der Waals surface area (Å²) in [5.74, 6) is -8.43. The third-order valence-corrected chi connectivity index (χ3v) is 13.5. The summed E-state index contributed by atoms with van der Waals surface area (Å²) in [5, 5.41) is 18.9. The number of nitrogens with zero attached hydrogens (tertiary/aromatic N) is 3. The summed E-state index contributed by atoms with van der Waals surface area (Å²) in [7, 11) is 0. The van der Waals surface area contributed by atoms with Crippen molar-refractivity contribution in [2.75, 3.05) is 13.1 Å². The Labute approximate surface area is 450 Å². The Morgan fingerprint density at radius 1 is 0.654 bits per heavy atom. The first-order valence-corrected chi connectivity index (χ1v) is 26.2. The van der Waals surface area contributed by atoms with E-state index in [4.69, 9.17) is 22.9 Å². The minimum Gasteiger partial charge on any atom is -0.370 e. The minimum atomic E-state index is -1.87. The van der Waals surface area contributed by atoms with Gasteiger partial charge in [0.15, 0.2) is 5.96 Å². The molecule has 1 saturated heterocycles. The monoisotopic (exact) mass is 1070 g/mol. The molecule has 1 fully saturated rings. The molecule has 0 spiro atoms. The van der Waals surface area contributed by atoms with Gasteiger partial charge in [-0.25, -0.2) is 4.98 Å². The summed E-state index contributed by atoms with van der Waals surface area (Å²) in [5.41, 5.74) is 25.1. The molecule has 24 heteroatoms. The van der Waals surface area contributed by atoms with Crippen molar-refractivity contribution in [3.05, 3.63) is 102 Å². The largest absolute Gasteiger partial charge is 0.370 e. The number of imidazole rings is 1. The van der Waals surface area contributed by atoms with Gasteiger partial charge in [0.05, 0.1) is 12.7 Å². The molecule has 5 aromatic rings. The first-order valence-electron chi connectivity index (χ1n) is 26.2. The number of unbranched alkanes of at least 4 members (excludes halogenated alkanes) is 2. The van der Waals surface area contributed by atoms with E-state index in [9.17, 15) is 43.2 Å². The molecular weight excluding hydrogens is 1000 g/mol. The van der Waals surface area contributed by atoms with Gasteiger partial charge < -0.3 is 64.8 Å². The predicted octanol–water partition coefficient (Wildman–Crippen LogP) is -0.0136. The summed E-state index contributed by atoms with van der Waals surface area (Å²) in [4.78, 5) is 144. The van der Waals surface area contributed by atoms with Gasteiger partial charge in [-0.3, -0.25) is 53.0 Å². The van der Waals surface area contributed by atoms with E-state index in [2.05, 4.69) is 51.8 Å². The number of nitrogens with two attached hydrogens (primary N) is 4. The lowest BCUT2D eigenvalue weighted by atomic mass is 9.99. The number of aromatic nitrogens is 3. The maximum Gasteiger partial charge on any atom is 0.243 e. The Hall–Kier alpha value is -8.67. The second-order valence-corrected chi connectivity index (χ2v) is 19.4. The predicted molar refractivity (Wildman–Crippen MR) is 291 cm³/mol. The normalized spacial score (nSPS) is 20.2. The number of H-pyrrole nitrogens is 2. The first-order chi connectivity index (χ1) is 37.5. The molecule has 1 aliphatic heterocycles. The molecule has 1 aliphatic rings. The number of amides is 9. The Morgan fingerprint density at radius 3 is 1.85 bits per heavy atom. The molecule has 9 amide bonds. The average molecular weight is 1070 g/mol. The van der Waals surface area contributed by atoms with Crippen LogP contribution in [-0.2, 0) is 62.4 Å². The van der Waals surface area contributed by atoms with Crippen LogP contribution in [0.5, 0.6) is 0 Å². The molecule has 0 radical (unpaired) electrons. The fraction of sp³-hybridized carbons (Fsp3) is 0.426. The van der Waals surface area contributed by atoms with Crippen LogP contribution in [0, 0.1) is 0 Å². The van der Waals surface area contributed by atoms with Crippen LogP contribution in [0.4, 0.5) is 0 Å². The maximum atomic E-state index is 14.9. The molecule has 3 heterocycles. The van der Waals surface area contributed by atoms with Crippen LogP contribution < -0.4 is 54.8 Å². The lowest BCUT2D eigenvalue weighted by molar-refractivity contribution is -0.151. The zero-order valence-corrected chi connectivity index (χ0v) is 43.8. The van der Waals surface area contributed by atoms with Gasteiger partial charge in [-0.05, 0) is 73.0 Å². The van der Waals surface area contributed by atoms with Gasteiger partial charge in [-0.15, -0.1) is 0 Å². The number of guanidine groups is 1. The topological polar surface area (TPSA) is 390 Å². The van der Waals surface area contributed by atoms with Gasteiger partial charge in [0.25, 0.3) is 0 Å². The zero-order chi connectivity index (χ0) is 56.3. The van der Waals surface area contributed by atoms with Crippen LogP contribution in [0.25, 0.3) is 21.7 Å². The summed E-state index contributed by atoms with van der Waals surface area (Å²) >= 11 is 0. The average Bonchev–Trinajstić information content (AvgIpc) is 4.09. The van der Waals surface area contributed by atoms with Crippen LogP contribution in [0.3, 0.4) is 0 Å². The van der Waals surface area contributed by atoms with E-state index in [1.807, 2.05) is 61.5 Å². The molecule has 78 heavy (non-hydrogen) atoms. The first kappa shape index (κ1) is 58.6. The van der Waals surface area contributed by atoms with Crippen LogP contribution in [0.15, 0.2) is 90.4 Å². The van der Waals surface area contributed by atoms with Gasteiger partial charge in [0, 0.05) is 61.7 Å². The second kappa shape index (κ2) is 28.5. The lowest BCUT2D eigenvalue weighted by Gasteiger charge is -2.31. The number of para-hydroxylation sites is 1. The van der Waals surface area contributed by atoms with E-state index in [0.717, 1.165) is 28.6 Å². The highest BCUT2D eigenvalue weighted by atomic mass is 16.2. The van der Waals surface area contributed by atoms with Crippen molar-refractivity contribution in [1.29, 1.82) is 0 Å². The summed E-state index contributed by atoms with van der Waals surface area (Å²) < 4.78 is 0. The van der Waals surface area contributed by atoms with Gasteiger partial charge in [0.1, 0.15) is 42.3 Å². The van der Waals surface area contributed by atoms with E-state index < -0.39 is 102 Å². The number of primary amides is 1. The van der Waals surface area contributed by atoms with Crippen molar-refractivity contribution in [2.45, 2.75) is 133 Å². The maximum absolute atomic E-state index is 14.9. The quantitative estimate of drug-likeness (QED) is 0.0262. The molecule has 416 valence electrons. The third kappa shape index (κ3) is 16.4. The highest BCUT2D eigenvalue weighted by Crippen LogP contribution is 2.21. The lowest BCUT2D eigenvalue weighted by Crippen LogP contribution is -2.62. The molecule has 6 rings (SSSR count). The second-order valence-electron chi connectivity index (χ2n) is 19.4. The van der Waals surface area contributed by atoms with Crippen molar-refractivity contribution in [3.8, 4) is 0 Å². The number of carbonyl (C=O) groups is 9. The van der Waals surface area contributed by atoms with Crippen LogP contribution in [0.1, 0.15) is 88.5 Å². The molecule has 7 atom stereocenters. The third-order valence-electron chi connectivity index (χ3n) is 13.5. The molecular formula is C54H71N15O9. The van der Waals surface area contributed by atoms with E-state index in [1.54, 1.807) is 18.3 Å². The summed E-state index contributed by atoms with van der Waals surface area (Å²) in [6.45, 7) is 3.18. The minimum absolute atomic E-state index is 0.0188. The van der Waals surface area contributed by atoms with Crippen LogP contribution >= 0.6 is 0 Å². The van der Waals surface area contributed by atoms with E-state index in [1.165, 1.54) is 12.5 Å². The van der Waals surface area contributed by atoms with Gasteiger partial charge >= 0.3 is 0 Å². The number of aromatic amines is 2. The number of benzene rings is 3. The summed E-state index contributed by atoms with van der Waals surface area (Å²) in [6.07, 6.45) is 4.80. The summed E-state index contributed by atoms with van der Waals surface area (Å²) in [6, 6.07) is 9.86. The van der Waals surface area contributed by atoms with Gasteiger partial charge in [-0.1, -0.05) is 80.4 Å². The van der Waals surface area contributed by atoms with Crippen molar-refractivity contribution in [3.63, 3.8) is 0 Å². The Balaban J connectivity index is 1.48. The number of nitrogens with one attached hydrogen (secondary N) is 8. The SMILES string of the molecule is CCCC[C@@H](C(N)=O)N(C(C)=O)C(=O)C[C@@H]1NC(=O)[C@H](CCCCN)NC(=O)[C@H](Cc2c[nH]c3ccccc23)NC(=O)[C@H](CCCN=C(N)N)NC(=O)[C@@H](Cc2ccc3ccccc3c2)NC(=O)[C@H](Cc2cnc[nH]2)NC1=O. The van der Waals surface area contributed by atoms with Gasteiger partial charge in [-0.2, -0.15) is 0 Å². The Bertz CT molecular complexity index is 2960. The Kier molecular flexibility index (Phi) is 21.4. The van der Waals surface area contributed by atoms with Crippen molar-refractivity contribution in [2.24, 2.45) is 27.9 Å². The number of carbonyl (C=O) groups excluding carboxylic acids is 9. The smallest absolute Gasteiger partial charge is 0.243 e. The molecule has 0 saturated carbocycles. The van der Waals surface area contributed by atoms with Gasteiger partial charge in [0.2, 0.25) is 53.2 Å². The van der Waals surface area contributed by atoms with Crippen LogP contribution in [0.2, 0.25) is 0 Å². The molecule has 3 aromatic carbocycles. The Morgan fingerprint density at radius 2 is 1.23 bits per heavy atom. The fourth-order valence-electron chi connectivity index (χ4n) is 9.38. The van der Waals surface area contributed by atoms with E-state index in [-0.39, 0.29) is 70.4 Å².